The first-order valence-corrected chi connectivity index (χ1v) is 9.93. The summed E-state index contributed by atoms with van der Waals surface area (Å²) >= 11 is 0. The second-order valence-corrected chi connectivity index (χ2v) is 7.72. The first-order valence-electron chi connectivity index (χ1n) is 9.93. The van der Waals surface area contributed by atoms with Crippen molar-refractivity contribution < 1.29 is 10.2 Å². The normalized spacial score (nSPS) is 19.6. The van der Waals surface area contributed by atoms with Crippen LogP contribution in [0.1, 0.15) is 30.3 Å². The fourth-order valence-corrected chi connectivity index (χ4v) is 3.90. The molecule has 30 heavy (non-hydrogen) atoms. The Kier molecular flexibility index (Phi) is 4.74. The summed E-state index contributed by atoms with van der Waals surface area (Å²) in [5.74, 6) is 0.810. The van der Waals surface area contributed by atoms with Crippen LogP contribution in [0, 0.1) is 5.92 Å². The van der Waals surface area contributed by atoms with Gasteiger partial charge in [-0.05, 0) is 37.0 Å². The molecule has 1 saturated carbocycles. The SMILES string of the molecule is NC(c1cccc(-c2ccc3cnn(-c4cncc(CO)n4)c3c2)n1)C1CC(O)C1. The largest absolute Gasteiger partial charge is 0.393 e. The van der Waals surface area contributed by atoms with Crippen LogP contribution in [-0.4, -0.2) is 41.0 Å². The molecule has 1 aromatic carbocycles. The number of hydrogen-bond donors (Lipinski definition) is 3. The Labute approximate surface area is 173 Å². The number of hydrogen-bond acceptors (Lipinski definition) is 7. The average Bonchev–Trinajstić information content (AvgIpc) is 3.20. The lowest BCUT2D eigenvalue weighted by atomic mass is 9.76. The van der Waals surface area contributed by atoms with E-state index in [1.54, 1.807) is 17.1 Å². The summed E-state index contributed by atoms with van der Waals surface area (Å²) in [6, 6.07) is 11.7. The molecule has 3 heterocycles. The molecule has 0 aliphatic heterocycles. The molecule has 4 N–H and O–H groups in total. The molecule has 1 unspecified atom stereocenters. The molecule has 8 nitrogen and oxygen atoms in total. The van der Waals surface area contributed by atoms with Crippen molar-refractivity contribution in [1.29, 1.82) is 0 Å². The molecule has 152 valence electrons. The van der Waals surface area contributed by atoms with Crippen molar-refractivity contribution in [3.8, 4) is 17.1 Å². The molecular formula is C22H22N6O2. The number of aromatic nitrogens is 5. The highest BCUT2D eigenvalue weighted by molar-refractivity contribution is 5.84. The van der Waals surface area contributed by atoms with Crippen LogP contribution >= 0.6 is 0 Å². The average molecular weight is 402 g/mol. The predicted molar refractivity (Wildman–Crippen MR) is 111 cm³/mol. The Balaban J connectivity index is 1.52. The van der Waals surface area contributed by atoms with E-state index in [9.17, 15) is 10.2 Å². The monoisotopic (exact) mass is 402 g/mol. The minimum absolute atomic E-state index is 0.180. The second-order valence-electron chi connectivity index (χ2n) is 7.72. The highest BCUT2D eigenvalue weighted by atomic mass is 16.3. The van der Waals surface area contributed by atoms with Gasteiger partial charge in [0, 0.05) is 10.9 Å². The van der Waals surface area contributed by atoms with Crippen molar-refractivity contribution in [3.05, 3.63) is 66.4 Å². The molecule has 1 atom stereocenters. The number of fused-ring (bicyclic) bond motifs is 1. The zero-order valence-electron chi connectivity index (χ0n) is 16.3. The van der Waals surface area contributed by atoms with Gasteiger partial charge in [0.2, 0.25) is 0 Å². The first-order chi connectivity index (χ1) is 14.6. The van der Waals surface area contributed by atoms with Crippen LogP contribution in [0.2, 0.25) is 0 Å². The summed E-state index contributed by atoms with van der Waals surface area (Å²) < 4.78 is 1.70. The number of rotatable bonds is 5. The molecule has 0 spiro atoms. The number of benzene rings is 1. The van der Waals surface area contributed by atoms with Crippen LogP contribution in [-0.2, 0) is 6.61 Å². The molecule has 4 aromatic rings. The lowest BCUT2D eigenvalue weighted by molar-refractivity contribution is 0.0302. The van der Waals surface area contributed by atoms with Crippen LogP contribution in [0.15, 0.2) is 55.0 Å². The summed E-state index contributed by atoms with van der Waals surface area (Å²) in [6.45, 7) is -0.180. The summed E-state index contributed by atoms with van der Waals surface area (Å²) in [5, 5.41) is 24.3. The third-order valence-electron chi connectivity index (χ3n) is 5.69. The zero-order valence-corrected chi connectivity index (χ0v) is 16.3. The maximum absolute atomic E-state index is 9.57. The number of aliphatic hydroxyl groups excluding tert-OH is 2. The highest BCUT2D eigenvalue weighted by Crippen LogP contribution is 2.36. The van der Waals surface area contributed by atoms with Crippen molar-refractivity contribution in [3.63, 3.8) is 0 Å². The van der Waals surface area contributed by atoms with E-state index < -0.39 is 0 Å². The molecule has 1 fully saturated rings. The van der Waals surface area contributed by atoms with Gasteiger partial charge in [0.15, 0.2) is 5.82 Å². The van der Waals surface area contributed by atoms with Gasteiger partial charge < -0.3 is 15.9 Å². The smallest absolute Gasteiger partial charge is 0.172 e. The van der Waals surface area contributed by atoms with Crippen molar-refractivity contribution >= 4 is 10.9 Å². The quantitative estimate of drug-likeness (QED) is 0.467. The molecule has 8 heteroatoms. The molecule has 5 rings (SSSR count). The Hall–Kier alpha value is -3.20. The maximum Gasteiger partial charge on any atom is 0.172 e. The van der Waals surface area contributed by atoms with Crippen molar-refractivity contribution in [2.24, 2.45) is 11.7 Å². The van der Waals surface area contributed by atoms with E-state index in [-0.39, 0.29) is 24.7 Å². The number of aliphatic hydroxyl groups is 2. The van der Waals surface area contributed by atoms with Gasteiger partial charge in [0.25, 0.3) is 0 Å². The van der Waals surface area contributed by atoms with E-state index >= 15 is 0 Å². The minimum atomic E-state index is -0.237. The second kappa shape index (κ2) is 7.56. The molecule has 3 aromatic heterocycles. The summed E-state index contributed by atoms with van der Waals surface area (Å²) in [6.07, 6.45) is 6.13. The highest BCUT2D eigenvalue weighted by Gasteiger charge is 2.33. The third-order valence-corrected chi connectivity index (χ3v) is 5.69. The molecule has 0 radical (unpaired) electrons. The molecule has 0 bridgehead atoms. The number of pyridine rings is 1. The Morgan fingerprint density at radius 3 is 2.77 bits per heavy atom. The van der Waals surface area contributed by atoms with Gasteiger partial charge in [-0.1, -0.05) is 18.2 Å². The molecule has 1 aliphatic rings. The van der Waals surface area contributed by atoms with Crippen molar-refractivity contribution in [1.82, 2.24) is 24.7 Å². The van der Waals surface area contributed by atoms with E-state index in [0.29, 0.717) is 11.5 Å². The maximum atomic E-state index is 9.57. The first kappa shape index (κ1) is 18.8. The van der Waals surface area contributed by atoms with Gasteiger partial charge >= 0.3 is 0 Å². The van der Waals surface area contributed by atoms with E-state index in [1.165, 1.54) is 6.20 Å². The van der Waals surface area contributed by atoms with Gasteiger partial charge in [0.05, 0.1) is 59.9 Å². The Bertz CT molecular complexity index is 1200. The van der Waals surface area contributed by atoms with E-state index in [4.69, 9.17) is 10.7 Å². The fourth-order valence-electron chi connectivity index (χ4n) is 3.90. The van der Waals surface area contributed by atoms with E-state index in [2.05, 4.69) is 15.1 Å². The summed E-state index contributed by atoms with van der Waals surface area (Å²) in [4.78, 5) is 13.3. The van der Waals surface area contributed by atoms with Gasteiger partial charge in [-0.3, -0.25) is 9.97 Å². The third kappa shape index (κ3) is 3.35. The van der Waals surface area contributed by atoms with Crippen LogP contribution in [0.3, 0.4) is 0 Å². The van der Waals surface area contributed by atoms with E-state index in [0.717, 1.165) is 40.7 Å². The lowest BCUT2D eigenvalue weighted by Gasteiger charge is -2.35. The molecule has 0 amide bonds. The molecule has 1 aliphatic carbocycles. The summed E-state index contributed by atoms with van der Waals surface area (Å²) in [5.41, 5.74) is 10.3. The van der Waals surface area contributed by atoms with Crippen LogP contribution in [0.5, 0.6) is 0 Å². The van der Waals surface area contributed by atoms with Crippen LogP contribution in [0.25, 0.3) is 28.0 Å². The van der Waals surface area contributed by atoms with Crippen molar-refractivity contribution in [2.45, 2.75) is 31.6 Å². The summed E-state index contributed by atoms with van der Waals surface area (Å²) in [7, 11) is 0. The lowest BCUT2D eigenvalue weighted by Crippen LogP contribution is -2.36. The standard InChI is InChI=1S/C22H22N6O2/c23-22(15-6-17(30)7-15)19-3-1-2-18(27-19)13-4-5-14-9-25-28(20(14)8-13)21-11-24-10-16(12-29)26-21/h1-5,8-11,15,17,22,29-30H,6-7,12,23H2. The molecular weight excluding hydrogens is 380 g/mol. The van der Waals surface area contributed by atoms with Gasteiger partial charge in [-0.15, -0.1) is 0 Å². The predicted octanol–water partition coefficient (Wildman–Crippen LogP) is 2.14. The number of nitrogens with two attached hydrogens (primary N) is 1. The zero-order chi connectivity index (χ0) is 20.7. The Morgan fingerprint density at radius 2 is 1.97 bits per heavy atom. The molecule has 0 saturated heterocycles. The topological polar surface area (TPSA) is 123 Å². The van der Waals surface area contributed by atoms with E-state index in [1.807, 2.05) is 36.4 Å². The van der Waals surface area contributed by atoms with Gasteiger partial charge in [0.1, 0.15) is 0 Å². The Morgan fingerprint density at radius 1 is 1.10 bits per heavy atom. The fraction of sp³-hybridized carbons (Fsp3) is 0.273. The van der Waals surface area contributed by atoms with Crippen molar-refractivity contribution in [2.75, 3.05) is 0 Å². The van der Waals surface area contributed by atoms with Gasteiger partial charge in [-0.2, -0.15) is 5.10 Å². The van der Waals surface area contributed by atoms with Crippen LogP contribution in [0.4, 0.5) is 0 Å². The van der Waals surface area contributed by atoms with Gasteiger partial charge in [-0.25, -0.2) is 9.67 Å². The number of nitrogens with zero attached hydrogens (tertiary/aromatic N) is 5. The van der Waals surface area contributed by atoms with Crippen LogP contribution < -0.4 is 5.73 Å². The minimum Gasteiger partial charge on any atom is -0.393 e.